The average molecular weight is 412 g/mol. The van der Waals surface area contributed by atoms with Gasteiger partial charge in [0.1, 0.15) is 17.5 Å². The summed E-state index contributed by atoms with van der Waals surface area (Å²) in [6.45, 7) is 7.53. The highest BCUT2D eigenvalue weighted by Gasteiger charge is 2.25. The maximum absolute atomic E-state index is 11.1. The number of hydrogen-bond donors (Lipinski definition) is 1. The Kier molecular flexibility index (Phi) is 9.64. The maximum atomic E-state index is 11.1. The maximum Gasteiger partial charge on any atom is 0.319 e. The van der Waals surface area contributed by atoms with Gasteiger partial charge in [0.25, 0.3) is 0 Å². The molecule has 0 radical (unpaired) electrons. The highest BCUT2D eigenvalue weighted by atomic mass is 35.5. The number of halogens is 2. The van der Waals surface area contributed by atoms with Gasteiger partial charge in [-0.3, -0.25) is 4.79 Å². The van der Waals surface area contributed by atoms with E-state index in [1.807, 2.05) is 32.0 Å². The third-order valence-electron chi connectivity index (χ3n) is 3.50. The molecule has 0 aliphatic rings. The fraction of sp³-hybridized carbons (Fsp3) is 0.381. The van der Waals surface area contributed by atoms with Crippen LogP contribution >= 0.6 is 23.2 Å². The number of benzene rings is 2. The normalized spacial score (nSPS) is 11.8. The molecule has 27 heavy (non-hydrogen) atoms. The SMILES string of the molecule is CC(CC(C)(C)Oc1ccc(Cl)cc1Cl)OC(=O)CN.Cc1ccccc1. The third kappa shape index (κ3) is 9.66. The Morgan fingerprint density at radius 3 is 2.26 bits per heavy atom. The summed E-state index contributed by atoms with van der Waals surface area (Å²) in [5, 5.41) is 0.989. The van der Waals surface area contributed by atoms with Gasteiger partial charge in [0, 0.05) is 11.4 Å². The molecule has 2 aromatic carbocycles. The van der Waals surface area contributed by atoms with E-state index >= 15 is 0 Å². The van der Waals surface area contributed by atoms with E-state index in [4.69, 9.17) is 38.4 Å². The molecule has 0 saturated heterocycles. The van der Waals surface area contributed by atoms with E-state index in [1.54, 1.807) is 25.1 Å². The lowest BCUT2D eigenvalue weighted by Crippen LogP contribution is -2.35. The molecular formula is C21H27Cl2NO3. The van der Waals surface area contributed by atoms with Crippen molar-refractivity contribution in [1.82, 2.24) is 0 Å². The zero-order valence-electron chi connectivity index (χ0n) is 16.2. The van der Waals surface area contributed by atoms with Gasteiger partial charge in [0.15, 0.2) is 0 Å². The van der Waals surface area contributed by atoms with Gasteiger partial charge in [-0.1, -0.05) is 59.1 Å². The molecule has 0 saturated carbocycles. The van der Waals surface area contributed by atoms with Crippen LogP contribution in [-0.2, 0) is 9.53 Å². The Hall–Kier alpha value is -1.75. The van der Waals surface area contributed by atoms with Gasteiger partial charge in [-0.2, -0.15) is 0 Å². The second-order valence-corrected chi connectivity index (χ2v) is 7.64. The van der Waals surface area contributed by atoms with E-state index in [9.17, 15) is 4.79 Å². The van der Waals surface area contributed by atoms with Gasteiger partial charge >= 0.3 is 5.97 Å². The molecule has 0 heterocycles. The Bertz CT molecular complexity index is 721. The van der Waals surface area contributed by atoms with Crippen LogP contribution in [0.1, 0.15) is 32.8 Å². The summed E-state index contributed by atoms with van der Waals surface area (Å²) in [6, 6.07) is 15.3. The van der Waals surface area contributed by atoms with Crippen LogP contribution in [-0.4, -0.2) is 24.2 Å². The molecule has 0 bridgehead atoms. The highest BCUT2D eigenvalue weighted by molar-refractivity contribution is 6.35. The Morgan fingerprint density at radius 2 is 1.78 bits per heavy atom. The minimum absolute atomic E-state index is 0.130. The summed E-state index contributed by atoms with van der Waals surface area (Å²) < 4.78 is 11.0. The molecule has 1 unspecified atom stereocenters. The van der Waals surface area contributed by atoms with Gasteiger partial charge in [0.2, 0.25) is 0 Å². The zero-order chi connectivity index (χ0) is 20.4. The quantitative estimate of drug-likeness (QED) is 0.643. The van der Waals surface area contributed by atoms with E-state index < -0.39 is 11.6 Å². The van der Waals surface area contributed by atoms with Crippen LogP contribution in [0.3, 0.4) is 0 Å². The predicted octanol–water partition coefficient (Wildman–Crippen LogP) is 5.43. The standard InChI is InChI=1S/C14H19Cl2NO3.C7H8/c1-9(19-13(18)8-17)7-14(2,3)20-12-5-4-10(15)6-11(12)16;1-7-5-3-2-4-6-7/h4-6,9H,7-8,17H2,1-3H3;2-6H,1H3. The lowest BCUT2D eigenvalue weighted by atomic mass is 10.0. The second-order valence-electron chi connectivity index (χ2n) is 6.80. The van der Waals surface area contributed by atoms with E-state index in [-0.39, 0.29) is 12.6 Å². The largest absolute Gasteiger partial charge is 0.486 e. The topological polar surface area (TPSA) is 61.5 Å². The first-order valence-electron chi connectivity index (χ1n) is 8.68. The van der Waals surface area contributed by atoms with E-state index in [2.05, 4.69) is 19.1 Å². The van der Waals surface area contributed by atoms with Crippen molar-refractivity contribution in [2.75, 3.05) is 6.54 Å². The highest BCUT2D eigenvalue weighted by Crippen LogP contribution is 2.31. The molecular weight excluding hydrogens is 385 g/mol. The average Bonchev–Trinajstić information content (AvgIpc) is 2.58. The summed E-state index contributed by atoms with van der Waals surface area (Å²) in [4.78, 5) is 11.1. The first kappa shape index (κ1) is 23.3. The van der Waals surface area contributed by atoms with Crippen LogP contribution in [0, 0.1) is 6.92 Å². The minimum Gasteiger partial charge on any atom is -0.486 e. The van der Waals surface area contributed by atoms with Gasteiger partial charge in [0.05, 0.1) is 11.6 Å². The van der Waals surface area contributed by atoms with Crippen molar-refractivity contribution in [3.05, 3.63) is 64.1 Å². The Morgan fingerprint density at radius 1 is 1.15 bits per heavy atom. The fourth-order valence-electron chi connectivity index (χ4n) is 2.44. The molecule has 0 spiro atoms. The minimum atomic E-state index is -0.550. The summed E-state index contributed by atoms with van der Waals surface area (Å²) >= 11 is 11.9. The summed E-state index contributed by atoms with van der Waals surface area (Å²) in [5.74, 6) is 0.108. The molecule has 148 valence electrons. The van der Waals surface area contributed by atoms with Gasteiger partial charge in [-0.05, 0) is 45.9 Å². The number of esters is 1. The van der Waals surface area contributed by atoms with Gasteiger partial charge in [-0.25, -0.2) is 0 Å². The van der Waals surface area contributed by atoms with Crippen molar-refractivity contribution >= 4 is 29.2 Å². The van der Waals surface area contributed by atoms with Crippen LogP contribution in [0.5, 0.6) is 5.75 Å². The van der Waals surface area contributed by atoms with Crippen molar-refractivity contribution < 1.29 is 14.3 Å². The lowest BCUT2D eigenvalue weighted by Gasteiger charge is -2.29. The first-order chi connectivity index (χ1) is 12.6. The molecule has 1 atom stereocenters. The summed E-state index contributed by atoms with van der Waals surface area (Å²) in [5.41, 5.74) is 5.98. The number of nitrogens with two attached hydrogens (primary N) is 1. The van der Waals surface area contributed by atoms with Crippen molar-refractivity contribution in [2.24, 2.45) is 5.73 Å². The predicted molar refractivity (Wildman–Crippen MR) is 112 cm³/mol. The van der Waals surface area contributed by atoms with Crippen molar-refractivity contribution in [3.8, 4) is 5.75 Å². The molecule has 2 N–H and O–H groups in total. The number of carbonyl (C=O) groups is 1. The second kappa shape index (κ2) is 11.2. The van der Waals surface area contributed by atoms with Gasteiger partial charge in [-0.15, -0.1) is 0 Å². The molecule has 0 amide bonds. The van der Waals surface area contributed by atoms with Crippen molar-refractivity contribution in [3.63, 3.8) is 0 Å². The smallest absolute Gasteiger partial charge is 0.319 e. The molecule has 0 fully saturated rings. The lowest BCUT2D eigenvalue weighted by molar-refractivity contribution is -0.148. The number of hydrogen-bond acceptors (Lipinski definition) is 4. The molecule has 2 rings (SSSR count). The van der Waals surface area contributed by atoms with Gasteiger partial charge < -0.3 is 15.2 Å². The van der Waals surface area contributed by atoms with E-state index in [1.165, 1.54) is 5.56 Å². The molecule has 4 nitrogen and oxygen atoms in total. The van der Waals surface area contributed by atoms with Crippen molar-refractivity contribution in [1.29, 1.82) is 0 Å². The monoisotopic (exact) mass is 411 g/mol. The third-order valence-corrected chi connectivity index (χ3v) is 4.03. The number of aryl methyl sites for hydroxylation is 1. The van der Waals surface area contributed by atoms with E-state index in [0.717, 1.165) is 0 Å². The number of ether oxygens (including phenoxy) is 2. The van der Waals surface area contributed by atoms with E-state index in [0.29, 0.717) is 22.2 Å². The number of rotatable bonds is 6. The molecule has 0 aliphatic heterocycles. The van der Waals surface area contributed by atoms with Crippen molar-refractivity contribution in [2.45, 2.75) is 45.8 Å². The Labute approximate surface area is 171 Å². The van der Waals surface area contributed by atoms with Crippen LogP contribution in [0.25, 0.3) is 0 Å². The van der Waals surface area contributed by atoms with Crippen LogP contribution in [0.4, 0.5) is 0 Å². The van der Waals surface area contributed by atoms with Crippen LogP contribution < -0.4 is 10.5 Å². The molecule has 0 aromatic heterocycles. The summed E-state index contributed by atoms with van der Waals surface area (Å²) in [6.07, 6.45) is 0.213. The summed E-state index contributed by atoms with van der Waals surface area (Å²) in [7, 11) is 0. The van der Waals surface area contributed by atoms with Crippen LogP contribution in [0.15, 0.2) is 48.5 Å². The fourth-order valence-corrected chi connectivity index (χ4v) is 2.89. The first-order valence-corrected chi connectivity index (χ1v) is 9.44. The molecule has 6 heteroatoms. The molecule has 0 aliphatic carbocycles. The van der Waals surface area contributed by atoms with Crippen LogP contribution in [0.2, 0.25) is 10.0 Å². The number of carbonyl (C=O) groups excluding carboxylic acids is 1. The molecule has 2 aromatic rings. The Balaban J connectivity index is 0.000000433. The zero-order valence-corrected chi connectivity index (χ0v) is 17.7.